The quantitative estimate of drug-likeness (QED) is 0.170. The predicted molar refractivity (Wildman–Crippen MR) is 225 cm³/mol. The lowest BCUT2D eigenvalue weighted by Crippen LogP contribution is -1.94. The van der Waals surface area contributed by atoms with Gasteiger partial charge in [-0.3, -0.25) is 0 Å². The highest BCUT2D eigenvalue weighted by Crippen LogP contribution is 2.49. The van der Waals surface area contributed by atoms with Gasteiger partial charge in [0.1, 0.15) is 11.2 Å². The van der Waals surface area contributed by atoms with Gasteiger partial charge >= 0.3 is 0 Å². The van der Waals surface area contributed by atoms with E-state index in [0.29, 0.717) is 0 Å². The van der Waals surface area contributed by atoms with Crippen molar-refractivity contribution in [3.63, 3.8) is 0 Å². The Morgan fingerprint density at radius 1 is 0.264 bits per heavy atom. The van der Waals surface area contributed by atoms with Crippen LogP contribution in [0.5, 0.6) is 0 Å². The molecule has 0 saturated carbocycles. The zero-order valence-electron chi connectivity index (χ0n) is 28.9. The molecule has 1 nitrogen and oxygen atoms in total. The molecule has 1 aromatic heterocycles. The molecule has 0 saturated heterocycles. The van der Waals surface area contributed by atoms with Crippen LogP contribution in [0.2, 0.25) is 0 Å². The highest BCUT2D eigenvalue weighted by Gasteiger charge is 2.22. The Morgan fingerprint density at radius 2 is 0.736 bits per heavy atom. The molecule has 0 spiro atoms. The minimum Gasteiger partial charge on any atom is -0.455 e. The van der Waals surface area contributed by atoms with Crippen molar-refractivity contribution in [2.24, 2.45) is 0 Å². The highest BCUT2D eigenvalue weighted by atomic mass is 16.3. The van der Waals surface area contributed by atoms with Crippen LogP contribution in [-0.4, -0.2) is 0 Å². The molecule has 0 aliphatic heterocycles. The van der Waals surface area contributed by atoms with Crippen LogP contribution in [0.25, 0.3) is 110 Å². The van der Waals surface area contributed by atoms with Gasteiger partial charge in [0, 0.05) is 16.3 Å². The number of furan rings is 1. The van der Waals surface area contributed by atoms with Crippen molar-refractivity contribution in [2.45, 2.75) is 0 Å². The van der Waals surface area contributed by atoms with E-state index in [1.54, 1.807) is 0 Å². The third kappa shape index (κ3) is 4.58. The fourth-order valence-electron chi connectivity index (χ4n) is 8.74. The van der Waals surface area contributed by atoms with Crippen LogP contribution in [0.4, 0.5) is 0 Å². The normalized spacial score (nSPS) is 11.8. The summed E-state index contributed by atoms with van der Waals surface area (Å²) < 4.78 is 6.69. The summed E-state index contributed by atoms with van der Waals surface area (Å²) in [5.41, 5.74) is 11.4. The monoisotopic (exact) mass is 672 g/mol. The highest BCUT2D eigenvalue weighted by molar-refractivity contribution is 6.27. The van der Waals surface area contributed by atoms with E-state index in [0.717, 1.165) is 33.1 Å². The second-order valence-corrected chi connectivity index (χ2v) is 13.9. The van der Waals surface area contributed by atoms with Gasteiger partial charge in [-0.15, -0.1) is 0 Å². The first-order valence-corrected chi connectivity index (χ1v) is 18.3. The number of hydrogen-bond donors (Lipinski definition) is 0. The summed E-state index contributed by atoms with van der Waals surface area (Å²) in [6.07, 6.45) is 0. The molecular formula is C52H32O. The minimum absolute atomic E-state index is 0.904. The molecule has 53 heavy (non-hydrogen) atoms. The van der Waals surface area contributed by atoms with Gasteiger partial charge in [-0.2, -0.15) is 0 Å². The summed E-state index contributed by atoms with van der Waals surface area (Å²) in [5.74, 6) is 0. The van der Waals surface area contributed by atoms with E-state index >= 15 is 0 Å². The summed E-state index contributed by atoms with van der Waals surface area (Å²) in [4.78, 5) is 0. The summed E-state index contributed by atoms with van der Waals surface area (Å²) in [7, 11) is 0. The maximum atomic E-state index is 6.69. The van der Waals surface area contributed by atoms with Crippen LogP contribution < -0.4 is 0 Å². The van der Waals surface area contributed by atoms with Gasteiger partial charge in [0.2, 0.25) is 0 Å². The number of fused-ring (bicyclic) bond motifs is 7. The zero-order chi connectivity index (χ0) is 34.9. The van der Waals surface area contributed by atoms with E-state index in [1.807, 2.05) is 6.07 Å². The zero-order valence-corrected chi connectivity index (χ0v) is 28.9. The fourth-order valence-corrected chi connectivity index (χ4v) is 8.74. The van der Waals surface area contributed by atoms with Crippen LogP contribution >= 0.6 is 0 Å². The number of hydrogen-bond acceptors (Lipinski definition) is 1. The minimum atomic E-state index is 0.904. The van der Waals surface area contributed by atoms with Gasteiger partial charge in [0.15, 0.2) is 0 Å². The van der Waals surface area contributed by atoms with Crippen LogP contribution in [0.1, 0.15) is 0 Å². The maximum Gasteiger partial charge on any atom is 0.143 e. The molecule has 246 valence electrons. The standard InChI is InChI=1S/C52H32O/c1-3-17-37-33(13-1)15-9-22-38(37)35-29-31-36(32-30-35)49-42-20-5-6-21-43(42)50(41-23-10-16-34-14-2-4-18-39(34)41)47-27-11-24-44(51(47)49)46-26-12-25-45-40-19-7-8-28-48(40)53-52(45)46/h1-32H. The third-order valence-corrected chi connectivity index (χ3v) is 11.1. The molecule has 11 aromatic rings. The van der Waals surface area contributed by atoms with E-state index < -0.39 is 0 Å². The van der Waals surface area contributed by atoms with E-state index in [9.17, 15) is 0 Å². The molecule has 0 atom stereocenters. The Hall–Kier alpha value is -6.96. The maximum absolute atomic E-state index is 6.69. The van der Waals surface area contributed by atoms with Crippen molar-refractivity contribution >= 4 is 65.0 Å². The SMILES string of the molecule is c1ccc2c(-c3ccc(-c4c5ccccc5c(-c5cccc6ccccc56)c5cccc(-c6cccc7c6oc6ccccc67)c45)cc3)cccc2c1. The smallest absolute Gasteiger partial charge is 0.143 e. The van der Waals surface area contributed by atoms with Crippen LogP contribution in [0.15, 0.2) is 199 Å². The molecule has 0 unspecified atom stereocenters. The molecule has 0 aliphatic carbocycles. The van der Waals surface area contributed by atoms with Gasteiger partial charge in [0.25, 0.3) is 0 Å². The van der Waals surface area contributed by atoms with Gasteiger partial charge in [-0.1, -0.05) is 188 Å². The van der Waals surface area contributed by atoms with Gasteiger partial charge in [-0.05, 0) is 88.1 Å². The van der Waals surface area contributed by atoms with Crippen molar-refractivity contribution in [1.29, 1.82) is 0 Å². The first-order valence-electron chi connectivity index (χ1n) is 18.3. The average Bonchev–Trinajstić information content (AvgIpc) is 3.61. The first kappa shape index (κ1) is 29.7. The van der Waals surface area contributed by atoms with E-state index in [2.05, 4.69) is 188 Å². The van der Waals surface area contributed by atoms with E-state index in [4.69, 9.17) is 4.42 Å². The molecule has 0 bridgehead atoms. The molecule has 0 radical (unpaired) electrons. The summed E-state index contributed by atoms with van der Waals surface area (Å²) in [5, 5.41) is 12.2. The Balaban J connectivity index is 1.26. The third-order valence-electron chi connectivity index (χ3n) is 11.1. The molecule has 0 fully saturated rings. The summed E-state index contributed by atoms with van der Waals surface area (Å²) in [6, 6.07) is 70.5. The van der Waals surface area contributed by atoms with Crippen molar-refractivity contribution < 1.29 is 4.42 Å². The molecule has 0 aliphatic rings. The van der Waals surface area contributed by atoms with Crippen molar-refractivity contribution in [2.75, 3.05) is 0 Å². The predicted octanol–water partition coefficient (Wildman–Crippen LogP) is 14.9. The van der Waals surface area contributed by atoms with E-state index in [1.165, 1.54) is 76.5 Å². The summed E-state index contributed by atoms with van der Waals surface area (Å²) in [6.45, 7) is 0. The van der Waals surface area contributed by atoms with Crippen molar-refractivity contribution in [1.82, 2.24) is 0 Å². The molecule has 1 heteroatoms. The molecule has 1 heterocycles. The second kappa shape index (κ2) is 11.8. The van der Waals surface area contributed by atoms with Crippen LogP contribution in [0, 0.1) is 0 Å². The Morgan fingerprint density at radius 3 is 1.47 bits per heavy atom. The van der Waals surface area contributed by atoms with Gasteiger partial charge in [0.05, 0.1) is 0 Å². The van der Waals surface area contributed by atoms with Crippen LogP contribution in [-0.2, 0) is 0 Å². The van der Waals surface area contributed by atoms with E-state index in [-0.39, 0.29) is 0 Å². The second-order valence-electron chi connectivity index (χ2n) is 13.9. The molecule has 10 aromatic carbocycles. The molecular weight excluding hydrogens is 641 g/mol. The lowest BCUT2D eigenvalue weighted by Gasteiger charge is -2.21. The number of benzene rings is 10. The van der Waals surface area contributed by atoms with Gasteiger partial charge < -0.3 is 4.42 Å². The molecule has 0 amide bonds. The van der Waals surface area contributed by atoms with Gasteiger partial charge in [-0.25, -0.2) is 0 Å². The Kier molecular flexibility index (Phi) is 6.62. The molecule has 0 N–H and O–H groups in total. The largest absolute Gasteiger partial charge is 0.455 e. The Labute approximate surface area is 307 Å². The fraction of sp³-hybridized carbons (Fsp3) is 0. The Bertz CT molecular complexity index is 3210. The van der Waals surface area contributed by atoms with Crippen molar-refractivity contribution in [3.05, 3.63) is 194 Å². The first-order chi connectivity index (χ1) is 26.3. The number of rotatable bonds is 4. The number of para-hydroxylation sites is 2. The lowest BCUT2D eigenvalue weighted by atomic mass is 9.82. The molecule has 11 rings (SSSR count). The topological polar surface area (TPSA) is 13.1 Å². The lowest BCUT2D eigenvalue weighted by molar-refractivity contribution is 0.670. The average molecular weight is 673 g/mol. The summed E-state index contributed by atoms with van der Waals surface area (Å²) >= 11 is 0. The van der Waals surface area contributed by atoms with Crippen LogP contribution in [0.3, 0.4) is 0 Å². The van der Waals surface area contributed by atoms with Crippen molar-refractivity contribution in [3.8, 4) is 44.5 Å².